The van der Waals surface area contributed by atoms with Crippen molar-refractivity contribution in [3.63, 3.8) is 0 Å². The first-order valence-corrected chi connectivity index (χ1v) is 7.16. The Balaban J connectivity index is 1.70. The van der Waals surface area contributed by atoms with Gasteiger partial charge in [-0.05, 0) is 31.2 Å². The lowest BCUT2D eigenvalue weighted by Gasteiger charge is -2.05. The number of nitrogens with one attached hydrogen (secondary N) is 1. The Morgan fingerprint density at radius 1 is 1.30 bits per heavy atom. The van der Waals surface area contributed by atoms with E-state index >= 15 is 0 Å². The Labute approximate surface area is 131 Å². The molecule has 1 aromatic carbocycles. The number of hydrogen-bond acceptors (Lipinski definition) is 4. The minimum Gasteiger partial charge on any atom is -0.322 e. The van der Waals surface area contributed by atoms with Crippen LogP contribution in [0.4, 0.5) is 5.69 Å². The van der Waals surface area contributed by atoms with Gasteiger partial charge >= 0.3 is 0 Å². The average Bonchev–Trinajstić information content (AvgIpc) is 3.09. The highest BCUT2D eigenvalue weighted by molar-refractivity contribution is 6.08. The van der Waals surface area contributed by atoms with Crippen LogP contribution in [-0.4, -0.2) is 30.3 Å². The summed E-state index contributed by atoms with van der Waals surface area (Å²) in [4.78, 5) is 16.7. The number of carbonyl (C=O) groups is 1. The van der Waals surface area contributed by atoms with E-state index in [1.54, 1.807) is 27.7 Å². The number of benzene rings is 1. The van der Waals surface area contributed by atoms with Gasteiger partial charge in [0.2, 0.25) is 0 Å². The highest BCUT2D eigenvalue weighted by Crippen LogP contribution is 2.22. The summed E-state index contributed by atoms with van der Waals surface area (Å²) < 4.78 is 3.37. The van der Waals surface area contributed by atoms with Gasteiger partial charge < -0.3 is 5.32 Å². The number of nitrogens with zero attached hydrogens (tertiary/aromatic N) is 5. The van der Waals surface area contributed by atoms with Crippen LogP contribution in [0.5, 0.6) is 0 Å². The molecule has 0 spiro atoms. The first-order valence-electron chi connectivity index (χ1n) is 7.16. The van der Waals surface area contributed by atoms with Crippen LogP contribution in [0, 0.1) is 6.92 Å². The molecule has 114 valence electrons. The number of rotatable bonds is 2. The summed E-state index contributed by atoms with van der Waals surface area (Å²) in [6.45, 7) is 1.96. The van der Waals surface area contributed by atoms with Crippen LogP contribution in [0.25, 0.3) is 16.6 Å². The van der Waals surface area contributed by atoms with Crippen molar-refractivity contribution in [3.05, 3.63) is 54.1 Å². The molecule has 7 nitrogen and oxygen atoms in total. The van der Waals surface area contributed by atoms with E-state index in [4.69, 9.17) is 0 Å². The van der Waals surface area contributed by atoms with Crippen LogP contribution in [0.3, 0.4) is 0 Å². The molecule has 23 heavy (non-hydrogen) atoms. The Hall–Kier alpha value is -3.22. The van der Waals surface area contributed by atoms with Gasteiger partial charge in [0, 0.05) is 30.5 Å². The first kappa shape index (κ1) is 13.4. The molecule has 0 aliphatic heterocycles. The summed E-state index contributed by atoms with van der Waals surface area (Å²) in [5, 5.41) is 12.5. The van der Waals surface area contributed by atoms with Crippen molar-refractivity contribution in [3.8, 4) is 0 Å². The van der Waals surface area contributed by atoms with Gasteiger partial charge in [-0.1, -0.05) is 0 Å². The lowest BCUT2D eigenvalue weighted by Crippen LogP contribution is -2.12. The molecule has 0 aliphatic carbocycles. The van der Waals surface area contributed by atoms with Gasteiger partial charge in [-0.15, -0.1) is 0 Å². The van der Waals surface area contributed by atoms with Crippen molar-refractivity contribution in [1.29, 1.82) is 0 Å². The van der Waals surface area contributed by atoms with Gasteiger partial charge in [0.15, 0.2) is 5.65 Å². The topological polar surface area (TPSA) is 77.1 Å². The highest BCUT2D eigenvalue weighted by Gasteiger charge is 2.14. The summed E-state index contributed by atoms with van der Waals surface area (Å²) in [5.41, 5.74) is 3.61. The molecule has 0 radical (unpaired) electrons. The number of carbonyl (C=O) groups excluding carboxylic acids is 1. The third-order valence-corrected chi connectivity index (χ3v) is 3.82. The van der Waals surface area contributed by atoms with E-state index in [-0.39, 0.29) is 5.91 Å². The fourth-order valence-corrected chi connectivity index (χ4v) is 2.70. The van der Waals surface area contributed by atoms with E-state index in [0.717, 1.165) is 16.6 Å². The second-order valence-electron chi connectivity index (χ2n) is 5.34. The molecule has 7 heteroatoms. The largest absolute Gasteiger partial charge is 0.322 e. The molecule has 3 aromatic heterocycles. The Morgan fingerprint density at radius 2 is 2.17 bits per heavy atom. The molecule has 3 heterocycles. The summed E-state index contributed by atoms with van der Waals surface area (Å²) in [7, 11) is 1.89. The quantitative estimate of drug-likeness (QED) is 0.616. The normalized spacial score (nSPS) is 11.2. The third-order valence-electron chi connectivity index (χ3n) is 3.82. The molecule has 1 N–H and O–H groups in total. The lowest BCUT2D eigenvalue weighted by atomic mass is 10.2. The van der Waals surface area contributed by atoms with Gasteiger partial charge in [0.05, 0.1) is 17.4 Å². The van der Waals surface area contributed by atoms with Crippen LogP contribution < -0.4 is 5.32 Å². The van der Waals surface area contributed by atoms with E-state index in [0.29, 0.717) is 16.9 Å². The zero-order valence-corrected chi connectivity index (χ0v) is 12.7. The number of fused-ring (bicyclic) bond motifs is 2. The maximum atomic E-state index is 12.5. The molecule has 4 rings (SSSR count). The van der Waals surface area contributed by atoms with E-state index < -0.39 is 0 Å². The fourth-order valence-electron chi connectivity index (χ4n) is 2.70. The number of aromatic nitrogens is 5. The van der Waals surface area contributed by atoms with Crippen LogP contribution in [0.15, 0.2) is 42.9 Å². The van der Waals surface area contributed by atoms with E-state index in [9.17, 15) is 4.79 Å². The summed E-state index contributed by atoms with van der Waals surface area (Å²) in [6, 6.07) is 7.50. The number of hydrogen-bond donors (Lipinski definition) is 1. The standard InChI is InChI=1S/C16H14N6O/c1-10-12-5-4-11(8-14(12)21(2)20-10)19-16(23)13-9-18-22-7-3-6-17-15(13)22/h3-9H,1-2H3,(H,19,23). The maximum absolute atomic E-state index is 12.5. The molecule has 0 saturated carbocycles. The smallest absolute Gasteiger partial charge is 0.261 e. The van der Waals surface area contributed by atoms with Crippen LogP contribution in [0.2, 0.25) is 0 Å². The monoisotopic (exact) mass is 306 g/mol. The summed E-state index contributed by atoms with van der Waals surface area (Å²) >= 11 is 0. The highest BCUT2D eigenvalue weighted by atomic mass is 16.1. The van der Waals surface area contributed by atoms with Crippen molar-refractivity contribution in [1.82, 2.24) is 24.4 Å². The molecule has 4 aromatic rings. The molecule has 0 atom stereocenters. The second kappa shape index (κ2) is 4.91. The van der Waals surface area contributed by atoms with Crippen LogP contribution >= 0.6 is 0 Å². The number of anilines is 1. The molecule has 0 bridgehead atoms. The van der Waals surface area contributed by atoms with Gasteiger partial charge in [-0.25, -0.2) is 9.50 Å². The SMILES string of the molecule is Cc1nn(C)c2cc(NC(=O)c3cnn4cccnc34)ccc12. The van der Waals surface area contributed by atoms with E-state index in [1.165, 1.54) is 6.20 Å². The Morgan fingerprint density at radius 3 is 3.04 bits per heavy atom. The van der Waals surface area contributed by atoms with Crippen LogP contribution in [0.1, 0.15) is 16.1 Å². The molecular formula is C16H14N6O. The van der Waals surface area contributed by atoms with Crippen molar-refractivity contribution in [2.24, 2.45) is 7.05 Å². The zero-order valence-electron chi connectivity index (χ0n) is 12.7. The van der Waals surface area contributed by atoms with Crippen molar-refractivity contribution >= 4 is 28.1 Å². The number of aryl methyl sites for hydroxylation is 2. The molecule has 0 unspecified atom stereocenters. The molecular weight excluding hydrogens is 292 g/mol. The van der Waals surface area contributed by atoms with Crippen molar-refractivity contribution in [2.45, 2.75) is 6.92 Å². The summed E-state index contributed by atoms with van der Waals surface area (Å²) in [5.74, 6) is -0.239. The van der Waals surface area contributed by atoms with E-state index in [2.05, 4.69) is 20.5 Å². The second-order valence-corrected chi connectivity index (χ2v) is 5.34. The molecule has 0 saturated heterocycles. The minimum atomic E-state index is -0.239. The Kier molecular flexibility index (Phi) is 2.87. The maximum Gasteiger partial charge on any atom is 0.261 e. The third kappa shape index (κ3) is 2.13. The van der Waals surface area contributed by atoms with Gasteiger partial charge in [-0.2, -0.15) is 10.2 Å². The summed E-state index contributed by atoms with van der Waals surface area (Å²) in [6.07, 6.45) is 4.91. The molecule has 0 fully saturated rings. The van der Waals surface area contributed by atoms with E-state index in [1.807, 2.05) is 32.2 Å². The minimum absolute atomic E-state index is 0.239. The first-order chi connectivity index (χ1) is 11.1. The molecule has 0 aliphatic rings. The van der Waals surface area contributed by atoms with Gasteiger partial charge in [-0.3, -0.25) is 9.48 Å². The van der Waals surface area contributed by atoms with Crippen LogP contribution in [-0.2, 0) is 7.05 Å². The predicted molar refractivity (Wildman–Crippen MR) is 86.4 cm³/mol. The zero-order chi connectivity index (χ0) is 16.0. The van der Waals surface area contributed by atoms with Gasteiger partial charge in [0.25, 0.3) is 5.91 Å². The fraction of sp³-hybridized carbons (Fsp3) is 0.125. The van der Waals surface area contributed by atoms with Gasteiger partial charge in [0.1, 0.15) is 5.56 Å². The predicted octanol–water partition coefficient (Wildman–Crippen LogP) is 2.18. The lowest BCUT2D eigenvalue weighted by molar-refractivity contribution is 0.102. The van der Waals surface area contributed by atoms with Crippen molar-refractivity contribution in [2.75, 3.05) is 5.32 Å². The number of amides is 1. The Bertz CT molecular complexity index is 1050. The average molecular weight is 306 g/mol. The molecule has 1 amide bonds. The van der Waals surface area contributed by atoms with Crippen molar-refractivity contribution < 1.29 is 4.79 Å².